The van der Waals surface area contributed by atoms with Crippen LogP contribution < -0.4 is 10.4 Å². The van der Waals surface area contributed by atoms with E-state index < -0.39 is 0 Å². The molecule has 0 bridgehead atoms. The third-order valence-corrected chi connectivity index (χ3v) is 7.74. The maximum Gasteiger partial charge on any atom is 0.0230 e. The fraction of sp³-hybridized carbons (Fsp3) is 0.188. The third kappa shape index (κ3) is 2.92. The first-order valence-corrected chi connectivity index (χ1v) is 12.3. The standard InChI is InChI=1S/C32H27N/c1-2-10-22-19-23(18-17-21(22)9-1)31-25-12-3-5-14-27(25)32(28-15-6-4-13-26(28)31)29-20-33-30-16-8-7-11-24(29)30/h2-7,10-14,17-20,28,33H,1,8-9,15-16H2. The van der Waals surface area contributed by atoms with Crippen LogP contribution in [0.25, 0.3) is 23.3 Å². The monoisotopic (exact) mass is 425 g/mol. The van der Waals surface area contributed by atoms with E-state index in [-0.39, 0.29) is 0 Å². The molecule has 1 N–H and O–H groups in total. The maximum atomic E-state index is 3.60. The van der Waals surface area contributed by atoms with Gasteiger partial charge in [0.2, 0.25) is 0 Å². The number of aryl methyl sites for hydroxylation is 2. The average molecular weight is 426 g/mol. The van der Waals surface area contributed by atoms with Crippen LogP contribution in [0, 0.1) is 5.92 Å². The van der Waals surface area contributed by atoms with Gasteiger partial charge in [0.15, 0.2) is 0 Å². The summed E-state index contributed by atoms with van der Waals surface area (Å²) >= 11 is 0. The fourth-order valence-electron chi connectivity index (χ4n) is 6.20. The molecule has 0 spiro atoms. The smallest absolute Gasteiger partial charge is 0.0230 e. The van der Waals surface area contributed by atoms with Crippen molar-refractivity contribution in [2.24, 2.45) is 5.92 Å². The lowest BCUT2D eigenvalue weighted by atomic mass is 9.72. The Morgan fingerprint density at radius 3 is 2.70 bits per heavy atom. The molecule has 4 aliphatic carbocycles. The van der Waals surface area contributed by atoms with Gasteiger partial charge in [0.05, 0.1) is 0 Å². The van der Waals surface area contributed by atoms with Crippen LogP contribution in [-0.2, 0) is 12.8 Å². The lowest BCUT2D eigenvalue weighted by molar-refractivity contribution is 0.797. The number of rotatable bonds is 2. The number of H-pyrrole nitrogens is 1. The third-order valence-electron chi connectivity index (χ3n) is 7.74. The Kier molecular flexibility index (Phi) is 4.30. The molecular weight excluding hydrogens is 398 g/mol. The van der Waals surface area contributed by atoms with Crippen molar-refractivity contribution in [1.29, 1.82) is 0 Å². The molecule has 1 aromatic heterocycles. The molecule has 1 atom stereocenters. The molecule has 2 aromatic carbocycles. The summed E-state index contributed by atoms with van der Waals surface area (Å²) in [6.45, 7) is 0. The molecule has 1 heterocycles. The Hall–Kier alpha value is -3.58. The number of aromatic amines is 1. The van der Waals surface area contributed by atoms with E-state index in [0.717, 1.165) is 32.1 Å². The minimum atomic E-state index is 0.377. The molecule has 1 heteroatoms. The molecule has 0 amide bonds. The lowest BCUT2D eigenvalue weighted by Crippen LogP contribution is -2.37. The highest BCUT2D eigenvalue weighted by Crippen LogP contribution is 2.42. The Labute approximate surface area is 194 Å². The highest BCUT2D eigenvalue weighted by atomic mass is 14.7. The Morgan fingerprint density at radius 1 is 0.848 bits per heavy atom. The largest absolute Gasteiger partial charge is 0.364 e. The number of fused-ring (bicyclic) bond motifs is 4. The molecule has 33 heavy (non-hydrogen) atoms. The van der Waals surface area contributed by atoms with Crippen molar-refractivity contribution in [3.8, 4) is 0 Å². The van der Waals surface area contributed by atoms with E-state index in [1.54, 1.807) is 0 Å². The lowest BCUT2D eigenvalue weighted by Gasteiger charge is -2.31. The van der Waals surface area contributed by atoms with Crippen LogP contribution in [0.2, 0.25) is 0 Å². The predicted octanol–water partition coefficient (Wildman–Crippen LogP) is 5.85. The first-order chi connectivity index (χ1) is 16.4. The highest BCUT2D eigenvalue weighted by Gasteiger charge is 2.31. The number of benzene rings is 2. The first kappa shape index (κ1) is 18.9. The molecule has 0 saturated heterocycles. The number of allylic oxidation sites excluding steroid dienone is 6. The van der Waals surface area contributed by atoms with Gasteiger partial charge in [-0.1, -0.05) is 78.9 Å². The van der Waals surface area contributed by atoms with E-state index in [1.165, 1.54) is 60.7 Å². The highest BCUT2D eigenvalue weighted by molar-refractivity contribution is 5.90. The second-order valence-electron chi connectivity index (χ2n) is 9.56. The number of aromatic nitrogens is 1. The molecule has 1 unspecified atom stereocenters. The van der Waals surface area contributed by atoms with Crippen molar-refractivity contribution >= 4 is 23.3 Å². The summed E-state index contributed by atoms with van der Waals surface area (Å²) in [5.74, 6) is 0.377. The summed E-state index contributed by atoms with van der Waals surface area (Å²) in [6, 6.07) is 16.2. The SMILES string of the molecule is C1=CCC2C(=C1)C(c1ccc3c(c1)C=CCC3)=c1ccccc1=C2c1c[nH]c2c1C=CCC2. The molecule has 7 rings (SSSR count). The van der Waals surface area contributed by atoms with Gasteiger partial charge in [-0.05, 0) is 82.0 Å². The fourth-order valence-corrected chi connectivity index (χ4v) is 6.20. The molecular formula is C32H27N. The van der Waals surface area contributed by atoms with Gasteiger partial charge in [-0.15, -0.1) is 0 Å². The van der Waals surface area contributed by atoms with E-state index in [0.29, 0.717) is 5.92 Å². The maximum absolute atomic E-state index is 3.60. The minimum Gasteiger partial charge on any atom is -0.364 e. The number of hydrogen-bond acceptors (Lipinski definition) is 0. The molecule has 1 nitrogen and oxygen atoms in total. The summed E-state index contributed by atoms with van der Waals surface area (Å²) in [6.07, 6.45) is 24.1. The van der Waals surface area contributed by atoms with Gasteiger partial charge < -0.3 is 4.98 Å². The van der Waals surface area contributed by atoms with Gasteiger partial charge >= 0.3 is 0 Å². The second kappa shape index (κ2) is 7.49. The van der Waals surface area contributed by atoms with Crippen molar-refractivity contribution in [3.63, 3.8) is 0 Å². The summed E-state index contributed by atoms with van der Waals surface area (Å²) in [5.41, 5.74) is 12.7. The van der Waals surface area contributed by atoms with Gasteiger partial charge in [0.1, 0.15) is 0 Å². The Bertz CT molecular complexity index is 1530. The van der Waals surface area contributed by atoms with Crippen molar-refractivity contribution in [3.05, 3.63) is 129 Å². The van der Waals surface area contributed by atoms with Gasteiger partial charge in [-0.25, -0.2) is 0 Å². The predicted molar refractivity (Wildman–Crippen MR) is 138 cm³/mol. The van der Waals surface area contributed by atoms with Crippen LogP contribution in [0.5, 0.6) is 0 Å². The van der Waals surface area contributed by atoms with Crippen LogP contribution in [0.4, 0.5) is 0 Å². The summed E-state index contributed by atoms with van der Waals surface area (Å²) in [4.78, 5) is 3.60. The summed E-state index contributed by atoms with van der Waals surface area (Å²) < 4.78 is 0. The molecule has 160 valence electrons. The van der Waals surface area contributed by atoms with Crippen LogP contribution >= 0.6 is 0 Å². The summed E-state index contributed by atoms with van der Waals surface area (Å²) in [7, 11) is 0. The topological polar surface area (TPSA) is 15.8 Å². The summed E-state index contributed by atoms with van der Waals surface area (Å²) in [5, 5.41) is 2.75. The van der Waals surface area contributed by atoms with Crippen LogP contribution in [0.1, 0.15) is 52.8 Å². The van der Waals surface area contributed by atoms with Gasteiger partial charge in [-0.2, -0.15) is 0 Å². The van der Waals surface area contributed by atoms with E-state index in [2.05, 4.69) is 96.2 Å². The Balaban J connectivity index is 1.57. The van der Waals surface area contributed by atoms with Crippen molar-refractivity contribution in [2.45, 2.75) is 32.1 Å². The van der Waals surface area contributed by atoms with Crippen LogP contribution in [0.3, 0.4) is 0 Å². The van der Waals surface area contributed by atoms with E-state index in [9.17, 15) is 0 Å². The first-order valence-electron chi connectivity index (χ1n) is 12.3. The van der Waals surface area contributed by atoms with Gasteiger partial charge in [0, 0.05) is 28.9 Å². The molecule has 3 aromatic rings. The minimum absolute atomic E-state index is 0.377. The zero-order valence-corrected chi connectivity index (χ0v) is 18.8. The molecule has 0 fully saturated rings. The van der Waals surface area contributed by atoms with Crippen molar-refractivity contribution in [2.75, 3.05) is 0 Å². The van der Waals surface area contributed by atoms with Crippen LogP contribution in [0.15, 0.2) is 84.6 Å². The molecule has 0 saturated carbocycles. The van der Waals surface area contributed by atoms with E-state index in [4.69, 9.17) is 0 Å². The average Bonchev–Trinajstić information content (AvgIpc) is 3.30. The van der Waals surface area contributed by atoms with E-state index >= 15 is 0 Å². The molecule has 0 radical (unpaired) electrons. The Morgan fingerprint density at radius 2 is 1.73 bits per heavy atom. The van der Waals surface area contributed by atoms with E-state index in [1.807, 2.05) is 0 Å². The van der Waals surface area contributed by atoms with Crippen LogP contribution in [-0.4, -0.2) is 4.98 Å². The van der Waals surface area contributed by atoms with Crippen molar-refractivity contribution in [1.82, 2.24) is 4.98 Å². The zero-order valence-electron chi connectivity index (χ0n) is 18.8. The normalized spacial score (nSPS) is 20.1. The number of hydrogen-bond donors (Lipinski definition) is 1. The molecule has 4 aliphatic rings. The second-order valence-corrected chi connectivity index (χ2v) is 9.56. The quantitative estimate of drug-likeness (QED) is 0.530. The van der Waals surface area contributed by atoms with Crippen molar-refractivity contribution < 1.29 is 0 Å². The zero-order chi connectivity index (χ0) is 21.8. The van der Waals surface area contributed by atoms with Gasteiger partial charge in [0.25, 0.3) is 0 Å². The number of nitrogens with one attached hydrogen (secondary N) is 1. The van der Waals surface area contributed by atoms with Gasteiger partial charge in [-0.3, -0.25) is 0 Å². The molecule has 0 aliphatic heterocycles.